The number of methoxy groups -OCH3 is 2. The smallest absolute Gasteiger partial charge is 0.416 e. The number of ether oxygens (including phenoxy) is 2. The number of carbonyl (C=O) groups is 1. The third-order valence-electron chi connectivity index (χ3n) is 4.33. The minimum Gasteiger partial charge on any atom is -0.497 e. The molecule has 10 heteroatoms. The lowest BCUT2D eigenvalue weighted by Crippen LogP contribution is -2.29. The zero-order chi connectivity index (χ0) is 21.5. The molecule has 1 aromatic heterocycles. The van der Waals surface area contributed by atoms with Crippen LogP contribution >= 0.6 is 0 Å². The van der Waals surface area contributed by atoms with Crippen molar-refractivity contribution in [1.29, 1.82) is 0 Å². The zero-order valence-corrected chi connectivity index (χ0v) is 15.1. The molecule has 0 aliphatic carbocycles. The van der Waals surface area contributed by atoms with Gasteiger partial charge < -0.3 is 15.2 Å². The molecule has 6 nitrogen and oxygen atoms in total. The van der Waals surface area contributed by atoms with Gasteiger partial charge in [0.2, 0.25) is 0 Å². The number of benzene rings is 2. The summed E-state index contributed by atoms with van der Waals surface area (Å²) in [6, 6.07) is 5.84. The third-order valence-corrected chi connectivity index (χ3v) is 4.33. The maximum atomic E-state index is 14.7. The SMILES string of the molecule is COC(=O)c1c(N)c2ccc(C(F)(F)F)cc2n(-c2ccc(OC)cc2F)c1=O. The van der Waals surface area contributed by atoms with E-state index in [1.807, 2.05) is 0 Å². The Kier molecular flexibility index (Phi) is 4.95. The van der Waals surface area contributed by atoms with Gasteiger partial charge in [-0.2, -0.15) is 13.2 Å². The van der Waals surface area contributed by atoms with Gasteiger partial charge in [0.1, 0.15) is 11.3 Å². The van der Waals surface area contributed by atoms with Crippen LogP contribution in [0.15, 0.2) is 41.2 Å². The molecule has 0 bridgehead atoms. The van der Waals surface area contributed by atoms with E-state index in [4.69, 9.17) is 10.5 Å². The van der Waals surface area contributed by atoms with Crippen molar-refractivity contribution in [2.24, 2.45) is 0 Å². The van der Waals surface area contributed by atoms with Crippen molar-refractivity contribution in [3.63, 3.8) is 0 Å². The van der Waals surface area contributed by atoms with E-state index in [0.29, 0.717) is 10.6 Å². The number of nitrogens with zero attached hydrogens (tertiary/aromatic N) is 1. The predicted octanol–water partition coefficient (Wildman–Crippen LogP) is 3.53. The second kappa shape index (κ2) is 7.12. The maximum absolute atomic E-state index is 14.7. The Morgan fingerprint density at radius 2 is 1.79 bits per heavy atom. The molecule has 2 N–H and O–H groups in total. The van der Waals surface area contributed by atoms with Crippen molar-refractivity contribution in [3.05, 3.63) is 63.7 Å². The van der Waals surface area contributed by atoms with Gasteiger partial charge >= 0.3 is 12.1 Å². The van der Waals surface area contributed by atoms with Crippen LogP contribution in [-0.2, 0) is 10.9 Å². The molecule has 0 radical (unpaired) electrons. The second-order valence-corrected chi connectivity index (χ2v) is 5.97. The van der Waals surface area contributed by atoms with E-state index in [0.717, 1.165) is 31.4 Å². The van der Waals surface area contributed by atoms with Crippen LogP contribution in [0.2, 0.25) is 0 Å². The van der Waals surface area contributed by atoms with Crippen LogP contribution in [-0.4, -0.2) is 24.8 Å². The van der Waals surface area contributed by atoms with Crippen LogP contribution in [0, 0.1) is 5.82 Å². The highest BCUT2D eigenvalue weighted by molar-refractivity contribution is 6.04. The number of nitrogen functional groups attached to an aromatic ring is 1. The van der Waals surface area contributed by atoms with Crippen LogP contribution in [0.5, 0.6) is 5.75 Å². The number of carbonyl (C=O) groups excluding carboxylic acids is 1. The average Bonchev–Trinajstić information content (AvgIpc) is 2.67. The fourth-order valence-electron chi connectivity index (χ4n) is 2.93. The summed E-state index contributed by atoms with van der Waals surface area (Å²) in [6.45, 7) is 0. The van der Waals surface area contributed by atoms with Gasteiger partial charge in [-0.05, 0) is 24.3 Å². The minimum absolute atomic E-state index is 0.0479. The largest absolute Gasteiger partial charge is 0.497 e. The van der Waals surface area contributed by atoms with Gasteiger partial charge in [-0.25, -0.2) is 9.18 Å². The van der Waals surface area contributed by atoms with E-state index in [9.17, 15) is 27.2 Å². The van der Waals surface area contributed by atoms with Crippen molar-refractivity contribution < 1.29 is 31.8 Å². The normalized spacial score (nSPS) is 11.5. The second-order valence-electron chi connectivity index (χ2n) is 5.97. The molecule has 0 aliphatic rings. The number of nitrogens with two attached hydrogens (primary N) is 1. The van der Waals surface area contributed by atoms with E-state index in [1.165, 1.54) is 13.2 Å². The molecule has 2 aromatic carbocycles. The Morgan fingerprint density at radius 3 is 2.34 bits per heavy atom. The lowest BCUT2D eigenvalue weighted by atomic mass is 10.0. The Balaban J connectivity index is 2.51. The lowest BCUT2D eigenvalue weighted by molar-refractivity contribution is -0.137. The van der Waals surface area contributed by atoms with Crippen LogP contribution in [0.25, 0.3) is 16.6 Å². The molecule has 3 rings (SSSR count). The quantitative estimate of drug-likeness (QED) is 0.528. The molecule has 0 spiro atoms. The predicted molar refractivity (Wildman–Crippen MR) is 96.8 cm³/mol. The average molecular weight is 410 g/mol. The molecule has 0 fully saturated rings. The summed E-state index contributed by atoms with van der Waals surface area (Å²) in [4.78, 5) is 25.1. The summed E-state index contributed by atoms with van der Waals surface area (Å²) >= 11 is 0. The Hall–Kier alpha value is -3.56. The first kappa shape index (κ1) is 20.2. The van der Waals surface area contributed by atoms with E-state index in [-0.39, 0.29) is 28.0 Å². The van der Waals surface area contributed by atoms with Crippen molar-refractivity contribution in [1.82, 2.24) is 4.57 Å². The molecule has 152 valence electrons. The number of esters is 1. The molecular weight excluding hydrogens is 396 g/mol. The molecule has 0 saturated heterocycles. The Labute approximate surface area is 161 Å². The van der Waals surface area contributed by atoms with Crippen molar-refractivity contribution in [2.45, 2.75) is 6.18 Å². The maximum Gasteiger partial charge on any atom is 0.416 e. The number of pyridine rings is 1. The van der Waals surface area contributed by atoms with Gasteiger partial charge in [-0.15, -0.1) is 0 Å². The topological polar surface area (TPSA) is 83.6 Å². The van der Waals surface area contributed by atoms with Gasteiger partial charge in [-0.3, -0.25) is 9.36 Å². The molecular formula is C19H14F4N2O4. The molecule has 0 unspecified atom stereocenters. The molecule has 0 aliphatic heterocycles. The van der Waals surface area contributed by atoms with Crippen LogP contribution in [0.3, 0.4) is 0 Å². The van der Waals surface area contributed by atoms with E-state index in [1.54, 1.807) is 0 Å². The zero-order valence-electron chi connectivity index (χ0n) is 15.1. The first-order valence-corrected chi connectivity index (χ1v) is 8.07. The summed E-state index contributed by atoms with van der Waals surface area (Å²) in [5, 5.41) is -0.0479. The van der Waals surface area contributed by atoms with Crippen LogP contribution in [0.4, 0.5) is 23.2 Å². The summed E-state index contributed by atoms with van der Waals surface area (Å²) in [6.07, 6.45) is -4.72. The first-order valence-electron chi connectivity index (χ1n) is 8.07. The van der Waals surface area contributed by atoms with Gasteiger partial charge in [0, 0.05) is 11.5 Å². The van der Waals surface area contributed by atoms with Crippen molar-refractivity contribution in [3.8, 4) is 11.4 Å². The number of rotatable bonds is 3. The summed E-state index contributed by atoms with van der Waals surface area (Å²) < 4.78 is 64.4. The molecule has 29 heavy (non-hydrogen) atoms. The highest BCUT2D eigenvalue weighted by Gasteiger charge is 2.32. The van der Waals surface area contributed by atoms with Crippen LogP contribution < -0.4 is 16.0 Å². The van der Waals surface area contributed by atoms with E-state index in [2.05, 4.69) is 4.74 Å². The number of fused-ring (bicyclic) bond motifs is 1. The number of aromatic nitrogens is 1. The molecule has 0 atom stereocenters. The Bertz CT molecular complexity index is 1190. The monoisotopic (exact) mass is 410 g/mol. The fraction of sp³-hybridized carbons (Fsp3) is 0.158. The summed E-state index contributed by atoms with van der Waals surface area (Å²) in [5.74, 6) is -1.93. The Morgan fingerprint density at radius 1 is 1.10 bits per heavy atom. The number of anilines is 1. The lowest BCUT2D eigenvalue weighted by Gasteiger charge is -2.17. The van der Waals surface area contributed by atoms with Gasteiger partial charge in [0.15, 0.2) is 5.82 Å². The number of hydrogen-bond acceptors (Lipinski definition) is 5. The molecule has 1 heterocycles. The molecule has 3 aromatic rings. The molecule has 0 amide bonds. The number of hydrogen-bond donors (Lipinski definition) is 1. The summed E-state index contributed by atoms with van der Waals surface area (Å²) in [7, 11) is 2.31. The van der Waals surface area contributed by atoms with Crippen molar-refractivity contribution >= 4 is 22.6 Å². The van der Waals surface area contributed by atoms with Crippen LogP contribution in [0.1, 0.15) is 15.9 Å². The van der Waals surface area contributed by atoms with Crippen molar-refractivity contribution in [2.75, 3.05) is 20.0 Å². The summed E-state index contributed by atoms with van der Waals surface area (Å²) in [5.41, 5.74) is 2.00. The van der Waals surface area contributed by atoms with Gasteiger partial charge in [0.25, 0.3) is 5.56 Å². The highest BCUT2D eigenvalue weighted by atomic mass is 19.4. The highest BCUT2D eigenvalue weighted by Crippen LogP contribution is 2.34. The fourth-order valence-corrected chi connectivity index (χ4v) is 2.93. The first-order chi connectivity index (χ1) is 13.6. The van der Waals surface area contributed by atoms with E-state index < -0.39 is 34.6 Å². The minimum atomic E-state index is -4.72. The number of halogens is 4. The third kappa shape index (κ3) is 3.37. The standard InChI is InChI=1S/C19H14F4N2O4/c1-28-10-4-6-13(12(20)8-10)25-14-7-9(19(21,22)23)3-5-11(14)16(24)15(17(25)26)18(27)29-2/h3-8H,24H2,1-2H3. The van der Waals surface area contributed by atoms with Gasteiger partial charge in [0.05, 0.1) is 36.7 Å². The van der Waals surface area contributed by atoms with E-state index >= 15 is 0 Å². The molecule has 0 saturated carbocycles. The number of alkyl halides is 3. The van der Waals surface area contributed by atoms with Gasteiger partial charge in [-0.1, -0.05) is 6.07 Å².